The third-order valence-corrected chi connectivity index (χ3v) is 6.41. The van der Waals surface area contributed by atoms with Crippen LogP contribution in [-0.4, -0.2) is 48.3 Å². The summed E-state index contributed by atoms with van der Waals surface area (Å²) in [6, 6.07) is 26.3. The number of carbonyl (C=O) groups is 1. The molecular formula is C29H34N2O4. The van der Waals surface area contributed by atoms with Gasteiger partial charge in [-0.15, -0.1) is 0 Å². The number of nitrogens with two attached hydrogens (primary N) is 1. The minimum atomic E-state index is -1.93. The van der Waals surface area contributed by atoms with Gasteiger partial charge in [0.25, 0.3) is 0 Å². The number of aliphatic hydroxyl groups is 1. The third-order valence-electron chi connectivity index (χ3n) is 6.41. The van der Waals surface area contributed by atoms with E-state index in [-0.39, 0.29) is 6.10 Å². The summed E-state index contributed by atoms with van der Waals surface area (Å²) >= 11 is 0. The summed E-state index contributed by atoms with van der Waals surface area (Å²) in [7, 11) is 0. The van der Waals surface area contributed by atoms with Crippen molar-refractivity contribution < 1.29 is 19.4 Å². The van der Waals surface area contributed by atoms with E-state index in [2.05, 4.69) is 17.0 Å². The van der Waals surface area contributed by atoms with Gasteiger partial charge in [0.15, 0.2) is 0 Å². The second-order valence-corrected chi connectivity index (χ2v) is 8.96. The lowest BCUT2D eigenvalue weighted by molar-refractivity contribution is -0.170. The summed E-state index contributed by atoms with van der Waals surface area (Å²) in [5.74, 6) is -0.0864. The summed E-state index contributed by atoms with van der Waals surface area (Å²) in [5, 5.41) is 11.8. The fourth-order valence-electron chi connectivity index (χ4n) is 4.43. The van der Waals surface area contributed by atoms with E-state index in [0.29, 0.717) is 30.0 Å². The highest BCUT2D eigenvalue weighted by Gasteiger charge is 2.43. The van der Waals surface area contributed by atoms with Gasteiger partial charge in [0.1, 0.15) is 11.9 Å². The Morgan fingerprint density at radius 1 is 0.943 bits per heavy atom. The van der Waals surface area contributed by atoms with Crippen molar-refractivity contribution in [3.05, 3.63) is 102 Å². The zero-order chi connectivity index (χ0) is 24.5. The van der Waals surface area contributed by atoms with Crippen molar-refractivity contribution >= 4 is 5.97 Å². The summed E-state index contributed by atoms with van der Waals surface area (Å²) in [5.41, 5.74) is 5.78. The van der Waals surface area contributed by atoms with Crippen LogP contribution in [-0.2, 0) is 21.7 Å². The van der Waals surface area contributed by atoms with E-state index in [1.807, 2.05) is 24.3 Å². The Labute approximate surface area is 207 Å². The molecule has 4 rings (SSSR count). The van der Waals surface area contributed by atoms with E-state index in [9.17, 15) is 9.90 Å². The van der Waals surface area contributed by atoms with E-state index < -0.39 is 11.6 Å². The molecule has 1 heterocycles. The molecule has 1 fully saturated rings. The fourth-order valence-corrected chi connectivity index (χ4v) is 4.43. The average molecular weight is 475 g/mol. The Morgan fingerprint density at radius 3 is 2.29 bits per heavy atom. The number of hydrogen-bond acceptors (Lipinski definition) is 6. The standard InChI is InChI=1S/C29H34N2O4/c30-17-8-20-34-27-14-7-13-25(21-27)29(33,24-11-5-2-6-12-24)28(32)35-26-15-18-31(19-16-26)22-23-9-3-1-4-10-23/h1-7,9-14,21,26,33H,8,15-20,22,30H2/t29-/m0/s1. The molecule has 1 aliphatic rings. The molecule has 0 radical (unpaired) electrons. The SMILES string of the molecule is NCCCOc1cccc([C@](O)(C(=O)OC2CCN(Cc3ccccc3)CC2)c2ccccc2)c1. The minimum absolute atomic E-state index is 0.242. The van der Waals surface area contributed by atoms with Crippen molar-refractivity contribution in [1.82, 2.24) is 4.90 Å². The second kappa shape index (κ2) is 12.0. The number of carbonyl (C=O) groups excluding carboxylic acids is 1. The zero-order valence-corrected chi connectivity index (χ0v) is 20.0. The number of nitrogens with zero attached hydrogens (tertiary/aromatic N) is 1. The van der Waals surface area contributed by atoms with Gasteiger partial charge in [-0.1, -0.05) is 72.8 Å². The van der Waals surface area contributed by atoms with Crippen molar-refractivity contribution in [3.8, 4) is 5.75 Å². The molecular weight excluding hydrogens is 440 g/mol. The smallest absolute Gasteiger partial charge is 0.347 e. The van der Waals surface area contributed by atoms with Gasteiger partial charge in [-0.25, -0.2) is 4.79 Å². The van der Waals surface area contributed by atoms with Gasteiger partial charge in [-0.3, -0.25) is 4.90 Å². The van der Waals surface area contributed by atoms with Crippen LogP contribution in [0.15, 0.2) is 84.9 Å². The first-order valence-corrected chi connectivity index (χ1v) is 12.3. The monoisotopic (exact) mass is 474 g/mol. The molecule has 0 aromatic heterocycles. The number of hydrogen-bond donors (Lipinski definition) is 2. The lowest BCUT2D eigenvalue weighted by atomic mass is 9.86. The molecule has 1 saturated heterocycles. The predicted octanol–water partition coefficient (Wildman–Crippen LogP) is 3.86. The van der Waals surface area contributed by atoms with Gasteiger partial charge < -0.3 is 20.3 Å². The van der Waals surface area contributed by atoms with Gasteiger partial charge in [-0.05, 0) is 49.1 Å². The Hall–Kier alpha value is -3.19. The molecule has 184 valence electrons. The average Bonchev–Trinajstić information content (AvgIpc) is 2.91. The molecule has 1 aliphatic heterocycles. The molecule has 3 aromatic rings. The van der Waals surface area contributed by atoms with Crippen LogP contribution in [0.3, 0.4) is 0 Å². The predicted molar refractivity (Wildman–Crippen MR) is 136 cm³/mol. The van der Waals surface area contributed by atoms with Gasteiger partial charge >= 0.3 is 5.97 Å². The fraction of sp³-hybridized carbons (Fsp3) is 0.345. The van der Waals surface area contributed by atoms with Gasteiger partial charge in [0, 0.05) is 25.2 Å². The van der Waals surface area contributed by atoms with Crippen molar-refractivity contribution in [1.29, 1.82) is 0 Å². The highest BCUT2D eigenvalue weighted by atomic mass is 16.6. The zero-order valence-electron chi connectivity index (χ0n) is 20.0. The minimum Gasteiger partial charge on any atom is -0.494 e. The van der Waals surface area contributed by atoms with Crippen LogP contribution in [0.4, 0.5) is 0 Å². The van der Waals surface area contributed by atoms with E-state index in [4.69, 9.17) is 15.2 Å². The summed E-state index contributed by atoms with van der Waals surface area (Å²) in [6.07, 6.45) is 1.93. The van der Waals surface area contributed by atoms with Crippen molar-refractivity contribution in [2.24, 2.45) is 5.73 Å². The van der Waals surface area contributed by atoms with Crippen molar-refractivity contribution in [2.75, 3.05) is 26.2 Å². The molecule has 0 aliphatic carbocycles. The summed E-state index contributed by atoms with van der Waals surface area (Å²) in [4.78, 5) is 15.9. The van der Waals surface area contributed by atoms with Crippen LogP contribution in [0.2, 0.25) is 0 Å². The van der Waals surface area contributed by atoms with Crippen LogP contribution < -0.4 is 10.5 Å². The van der Waals surface area contributed by atoms with Gasteiger partial charge in [0.2, 0.25) is 5.60 Å². The maximum atomic E-state index is 13.5. The van der Waals surface area contributed by atoms with Gasteiger partial charge in [0.05, 0.1) is 6.61 Å². The molecule has 6 heteroatoms. The number of ether oxygens (including phenoxy) is 2. The van der Waals surface area contributed by atoms with Crippen LogP contribution >= 0.6 is 0 Å². The molecule has 3 aromatic carbocycles. The first-order chi connectivity index (χ1) is 17.1. The molecule has 3 N–H and O–H groups in total. The lowest BCUT2D eigenvalue weighted by Crippen LogP contribution is -2.43. The van der Waals surface area contributed by atoms with E-state index in [1.165, 1.54) is 5.56 Å². The molecule has 0 saturated carbocycles. The maximum absolute atomic E-state index is 13.5. The normalized spacial score (nSPS) is 16.4. The van der Waals surface area contributed by atoms with E-state index in [1.54, 1.807) is 48.5 Å². The number of rotatable bonds is 10. The van der Waals surface area contributed by atoms with Crippen LogP contribution in [0.5, 0.6) is 5.75 Å². The number of esters is 1. The quantitative estimate of drug-likeness (QED) is 0.343. The number of likely N-dealkylation sites (tertiary alicyclic amines) is 1. The lowest BCUT2D eigenvalue weighted by Gasteiger charge is -2.34. The molecule has 1 atom stereocenters. The Morgan fingerprint density at radius 2 is 1.60 bits per heavy atom. The first-order valence-electron chi connectivity index (χ1n) is 12.3. The van der Waals surface area contributed by atoms with Gasteiger partial charge in [-0.2, -0.15) is 0 Å². The topological polar surface area (TPSA) is 85.0 Å². The van der Waals surface area contributed by atoms with E-state index in [0.717, 1.165) is 38.9 Å². The Bertz CT molecular complexity index is 1070. The highest BCUT2D eigenvalue weighted by Crippen LogP contribution is 2.34. The highest BCUT2D eigenvalue weighted by molar-refractivity contribution is 5.85. The molecule has 0 unspecified atom stereocenters. The number of piperidine rings is 1. The maximum Gasteiger partial charge on any atom is 0.347 e. The summed E-state index contributed by atoms with van der Waals surface area (Å²) in [6.45, 7) is 3.55. The molecule has 0 amide bonds. The van der Waals surface area contributed by atoms with Crippen molar-refractivity contribution in [2.45, 2.75) is 37.5 Å². The van der Waals surface area contributed by atoms with Crippen LogP contribution in [0, 0.1) is 0 Å². The molecule has 6 nitrogen and oxygen atoms in total. The van der Waals surface area contributed by atoms with Crippen LogP contribution in [0.25, 0.3) is 0 Å². The number of benzene rings is 3. The van der Waals surface area contributed by atoms with Crippen LogP contribution in [0.1, 0.15) is 36.0 Å². The molecule has 0 spiro atoms. The van der Waals surface area contributed by atoms with E-state index >= 15 is 0 Å². The second-order valence-electron chi connectivity index (χ2n) is 8.96. The molecule has 0 bridgehead atoms. The largest absolute Gasteiger partial charge is 0.494 e. The van der Waals surface area contributed by atoms with Crippen molar-refractivity contribution in [3.63, 3.8) is 0 Å². The first kappa shape index (κ1) is 24.9. The Kier molecular flexibility index (Phi) is 8.53. The molecule has 35 heavy (non-hydrogen) atoms. The summed E-state index contributed by atoms with van der Waals surface area (Å²) < 4.78 is 11.7. The Balaban J connectivity index is 1.47. The third kappa shape index (κ3) is 6.28.